The number of hydrogen-bond acceptors (Lipinski definition) is 2. The molecule has 0 unspecified atom stereocenters. The third-order valence-electron chi connectivity index (χ3n) is 3.30. The maximum absolute atomic E-state index is 5.66. The van der Waals surface area contributed by atoms with Crippen LogP contribution in [0, 0.1) is 0 Å². The van der Waals surface area contributed by atoms with Crippen molar-refractivity contribution >= 4 is 15.9 Å². The molecule has 0 saturated heterocycles. The lowest BCUT2D eigenvalue weighted by molar-refractivity contribution is 0.266. The highest BCUT2D eigenvalue weighted by atomic mass is 79.9. The Labute approximate surface area is 113 Å². The molecule has 0 amide bonds. The third kappa shape index (κ3) is 5.09. The number of nitrogens with one attached hydrogen (secondary N) is 1. The first-order valence-corrected chi connectivity index (χ1v) is 7.02. The molecule has 1 rings (SSSR count). The summed E-state index contributed by atoms with van der Waals surface area (Å²) in [7, 11) is 0. The van der Waals surface area contributed by atoms with Gasteiger partial charge in [-0.3, -0.25) is 0 Å². The average molecular weight is 300 g/mol. The van der Waals surface area contributed by atoms with Gasteiger partial charge in [-0.1, -0.05) is 29.8 Å². The van der Waals surface area contributed by atoms with Gasteiger partial charge in [0.1, 0.15) is 12.4 Å². The number of rotatable bonds is 7. The molecular weight excluding hydrogens is 278 g/mol. The smallest absolute Gasteiger partial charge is 0.119 e. The van der Waals surface area contributed by atoms with Crippen molar-refractivity contribution in [3.8, 4) is 5.75 Å². The molecule has 0 saturated carbocycles. The molecule has 1 aromatic carbocycles. The van der Waals surface area contributed by atoms with Crippen LogP contribution in [-0.4, -0.2) is 18.7 Å². The fourth-order valence-corrected chi connectivity index (χ4v) is 1.82. The quantitative estimate of drug-likeness (QED) is 0.769. The molecule has 0 aliphatic heterocycles. The van der Waals surface area contributed by atoms with Crippen LogP contribution in [0.3, 0.4) is 0 Å². The molecule has 1 aromatic rings. The van der Waals surface area contributed by atoms with Gasteiger partial charge in [0, 0.05) is 16.6 Å². The lowest BCUT2D eigenvalue weighted by Crippen LogP contribution is -2.43. The lowest BCUT2D eigenvalue weighted by Gasteiger charge is -2.28. The average Bonchev–Trinajstić information content (AvgIpc) is 2.36. The minimum Gasteiger partial charge on any atom is -0.492 e. The Morgan fingerprint density at radius 1 is 1.18 bits per heavy atom. The van der Waals surface area contributed by atoms with Crippen molar-refractivity contribution in [2.24, 2.45) is 0 Å². The van der Waals surface area contributed by atoms with E-state index < -0.39 is 0 Å². The van der Waals surface area contributed by atoms with Crippen molar-refractivity contribution in [1.29, 1.82) is 0 Å². The second-order valence-electron chi connectivity index (χ2n) is 4.50. The minimum absolute atomic E-state index is 0.239. The molecule has 0 atom stereocenters. The molecule has 17 heavy (non-hydrogen) atoms. The monoisotopic (exact) mass is 299 g/mol. The fraction of sp³-hybridized carbons (Fsp3) is 0.571. The van der Waals surface area contributed by atoms with Gasteiger partial charge in [0.15, 0.2) is 0 Å². The summed E-state index contributed by atoms with van der Waals surface area (Å²) >= 11 is 3.40. The number of ether oxygens (including phenoxy) is 1. The summed E-state index contributed by atoms with van der Waals surface area (Å²) in [6.45, 7) is 8.27. The van der Waals surface area contributed by atoms with Crippen molar-refractivity contribution < 1.29 is 4.74 Å². The first-order chi connectivity index (χ1) is 8.09. The predicted molar refractivity (Wildman–Crippen MR) is 76.6 cm³/mol. The molecule has 0 aliphatic carbocycles. The van der Waals surface area contributed by atoms with Gasteiger partial charge in [0.05, 0.1) is 0 Å². The molecule has 0 bridgehead atoms. The van der Waals surface area contributed by atoms with Gasteiger partial charge in [0.25, 0.3) is 0 Å². The highest BCUT2D eigenvalue weighted by molar-refractivity contribution is 9.10. The Hall–Kier alpha value is -0.540. The van der Waals surface area contributed by atoms with Gasteiger partial charge in [-0.25, -0.2) is 0 Å². The zero-order valence-electron chi connectivity index (χ0n) is 10.9. The summed E-state index contributed by atoms with van der Waals surface area (Å²) in [6.07, 6.45) is 2.28. The minimum atomic E-state index is 0.239. The Morgan fingerprint density at radius 2 is 1.76 bits per heavy atom. The van der Waals surface area contributed by atoms with E-state index in [1.807, 2.05) is 24.3 Å². The standard InChI is InChI=1S/C14H22BrNO/c1-4-14(3,5-2)16-10-11-17-13-8-6-12(15)7-9-13/h6-9,16H,4-5,10-11H2,1-3H3. The number of halogens is 1. The molecule has 2 nitrogen and oxygen atoms in total. The van der Waals surface area contributed by atoms with E-state index in [0.29, 0.717) is 6.61 Å². The van der Waals surface area contributed by atoms with Crippen molar-refractivity contribution in [2.75, 3.05) is 13.2 Å². The number of benzene rings is 1. The molecule has 0 aromatic heterocycles. The second kappa shape index (κ2) is 7.02. The van der Waals surface area contributed by atoms with E-state index in [-0.39, 0.29) is 5.54 Å². The van der Waals surface area contributed by atoms with Gasteiger partial charge >= 0.3 is 0 Å². The lowest BCUT2D eigenvalue weighted by atomic mass is 9.96. The summed E-state index contributed by atoms with van der Waals surface area (Å²) in [5.41, 5.74) is 0.239. The predicted octanol–water partition coefficient (Wildman–Crippen LogP) is 4.00. The van der Waals surface area contributed by atoms with E-state index in [0.717, 1.165) is 29.6 Å². The van der Waals surface area contributed by atoms with Crippen LogP contribution in [0.5, 0.6) is 5.75 Å². The van der Waals surface area contributed by atoms with Crippen LogP contribution >= 0.6 is 15.9 Å². The zero-order chi connectivity index (χ0) is 12.7. The SMILES string of the molecule is CCC(C)(CC)NCCOc1ccc(Br)cc1. The molecule has 0 heterocycles. The van der Waals surface area contributed by atoms with Crippen LogP contribution < -0.4 is 10.1 Å². The molecule has 0 fully saturated rings. The first kappa shape index (κ1) is 14.5. The van der Waals surface area contributed by atoms with Gasteiger partial charge in [0.2, 0.25) is 0 Å². The number of hydrogen-bond donors (Lipinski definition) is 1. The van der Waals surface area contributed by atoms with Gasteiger partial charge < -0.3 is 10.1 Å². The van der Waals surface area contributed by atoms with Crippen LogP contribution in [0.4, 0.5) is 0 Å². The summed E-state index contributed by atoms with van der Waals surface area (Å²) in [5.74, 6) is 0.921. The van der Waals surface area contributed by atoms with Crippen molar-refractivity contribution in [2.45, 2.75) is 39.2 Å². The van der Waals surface area contributed by atoms with E-state index in [2.05, 4.69) is 42.0 Å². The summed E-state index contributed by atoms with van der Waals surface area (Å²) in [5, 5.41) is 3.54. The van der Waals surface area contributed by atoms with Gasteiger partial charge in [-0.05, 0) is 44.0 Å². The van der Waals surface area contributed by atoms with Crippen LogP contribution in [0.2, 0.25) is 0 Å². The van der Waals surface area contributed by atoms with Crippen LogP contribution in [-0.2, 0) is 0 Å². The molecule has 0 aliphatic rings. The summed E-state index contributed by atoms with van der Waals surface area (Å²) in [4.78, 5) is 0. The Kier molecular flexibility index (Phi) is 6.00. The second-order valence-corrected chi connectivity index (χ2v) is 5.41. The van der Waals surface area contributed by atoms with Crippen molar-refractivity contribution in [3.63, 3.8) is 0 Å². The Balaban J connectivity index is 2.26. The molecule has 96 valence electrons. The van der Waals surface area contributed by atoms with Crippen molar-refractivity contribution in [3.05, 3.63) is 28.7 Å². The molecule has 3 heteroatoms. The summed E-state index contributed by atoms with van der Waals surface area (Å²) in [6, 6.07) is 7.93. The Bertz CT molecular complexity index is 319. The fourth-order valence-electron chi connectivity index (χ4n) is 1.55. The van der Waals surface area contributed by atoms with E-state index >= 15 is 0 Å². The first-order valence-electron chi connectivity index (χ1n) is 6.23. The van der Waals surface area contributed by atoms with E-state index in [1.54, 1.807) is 0 Å². The van der Waals surface area contributed by atoms with E-state index in [9.17, 15) is 0 Å². The normalized spacial score (nSPS) is 11.5. The molecular formula is C14H22BrNO. The van der Waals surface area contributed by atoms with Crippen LogP contribution in [0.1, 0.15) is 33.6 Å². The highest BCUT2D eigenvalue weighted by Crippen LogP contribution is 2.16. The van der Waals surface area contributed by atoms with Gasteiger partial charge in [-0.15, -0.1) is 0 Å². The third-order valence-corrected chi connectivity index (χ3v) is 3.83. The largest absolute Gasteiger partial charge is 0.492 e. The van der Waals surface area contributed by atoms with E-state index in [1.165, 1.54) is 0 Å². The topological polar surface area (TPSA) is 21.3 Å². The molecule has 0 radical (unpaired) electrons. The highest BCUT2D eigenvalue weighted by Gasteiger charge is 2.17. The maximum atomic E-state index is 5.66. The maximum Gasteiger partial charge on any atom is 0.119 e. The van der Waals surface area contributed by atoms with Crippen molar-refractivity contribution in [1.82, 2.24) is 5.32 Å². The van der Waals surface area contributed by atoms with E-state index in [4.69, 9.17) is 4.74 Å². The van der Waals surface area contributed by atoms with Crippen LogP contribution in [0.25, 0.3) is 0 Å². The van der Waals surface area contributed by atoms with Crippen LogP contribution in [0.15, 0.2) is 28.7 Å². The van der Waals surface area contributed by atoms with Gasteiger partial charge in [-0.2, -0.15) is 0 Å². The molecule has 0 spiro atoms. The summed E-state index contributed by atoms with van der Waals surface area (Å²) < 4.78 is 6.74. The Morgan fingerprint density at radius 3 is 2.29 bits per heavy atom. The zero-order valence-corrected chi connectivity index (χ0v) is 12.5. The molecule has 1 N–H and O–H groups in total.